The average molecular weight is 403 g/mol. The predicted octanol–water partition coefficient (Wildman–Crippen LogP) is 1.12. The minimum Gasteiger partial charge on any atom is -0.481 e. The van der Waals surface area contributed by atoms with Crippen LogP contribution in [0.25, 0.3) is 0 Å². The molecule has 2 unspecified atom stereocenters. The number of piperazine rings is 1. The number of carboxylic acids is 1. The molecule has 0 saturated carbocycles. The Bertz CT molecular complexity index is 717. The number of cyclic esters (lactones) is 1. The summed E-state index contributed by atoms with van der Waals surface area (Å²) < 4.78 is 5.69. The van der Waals surface area contributed by atoms with Crippen LogP contribution in [0.1, 0.15) is 19.8 Å². The molecule has 3 aliphatic heterocycles. The van der Waals surface area contributed by atoms with Crippen molar-refractivity contribution in [2.75, 3.05) is 50.7 Å². The van der Waals surface area contributed by atoms with Crippen molar-refractivity contribution in [1.82, 2.24) is 19.9 Å². The number of anilines is 1. The van der Waals surface area contributed by atoms with Gasteiger partial charge in [-0.1, -0.05) is 0 Å². The second kappa shape index (κ2) is 8.54. The van der Waals surface area contributed by atoms with Crippen LogP contribution in [-0.4, -0.2) is 95.0 Å². The van der Waals surface area contributed by atoms with Crippen molar-refractivity contribution in [3.63, 3.8) is 0 Å². The van der Waals surface area contributed by atoms with Crippen molar-refractivity contribution >= 4 is 17.7 Å². The number of hydrogen-bond acceptors (Lipinski definition) is 7. The summed E-state index contributed by atoms with van der Waals surface area (Å²) in [6.45, 7) is 7.38. The molecule has 1 aromatic heterocycles. The van der Waals surface area contributed by atoms with E-state index >= 15 is 0 Å². The van der Waals surface area contributed by atoms with E-state index in [1.165, 1.54) is 0 Å². The number of aromatic nitrogens is 1. The minimum absolute atomic E-state index is 0.0350. The lowest BCUT2D eigenvalue weighted by Gasteiger charge is -2.41. The zero-order valence-electron chi connectivity index (χ0n) is 16.8. The molecule has 0 aromatic carbocycles. The number of rotatable bonds is 5. The number of piperidine rings is 1. The fraction of sp³-hybridized carbons (Fsp3) is 0.650. The van der Waals surface area contributed by atoms with Crippen molar-refractivity contribution in [3.05, 3.63) is 24.5 Å². The summed E-state index contributed by atoms with van der Waals surface area (Å²) in [5.41, 5.74) is 1.15. The molecule has 0 aliphatic carbocycles. The van der Waals surface area contributed by atoms with E-state index in [1.807, 2.05) is 19.1 Å². The van der Waals surface area contributed by atoms with Crippen molar-refractivity contribution in [1.29, 1.82) is 0 Å². The average Bonchev–Trinajstić information content (AvgIpc) is 3.02. The van der Waals surface area contributed by atoms with Gasteiger partial charge in [-0.3, -0.25) is 14.7 Å². The second-order valence-electron chi connectivity index (χ2n) is 8.07. The molecule has 2 atom stereocenters. The van der Waals surface area contributed by atoms with E-state index in [9.17, 15) is 9.59 Å². The first-order chi connectivity index (χ1) is 14.0. The number of carbonyl (C=O) groups is 2. The van der Waals surface area contributed by atoms with Crippen LogP contribution in [0.15, 0.2) is 24.5 Å². The molecular weight excluding hydrogens is 374 g/mol. The van der Waals surface area contributed by atoms with Gasteiger partial charge in [-0.2, -0.15) is 0 Å². The van der Waals surface area contributed by atoms with Gasteiger partial charge in [0.25, 0.3) is 0 Å². The Kier molecular flexibility index (Phi) is 5.86. The van der Waals surface area contributed by atoms with Gasteiger partial charge < -0.3 is 14.7 Å². The Morgan fingerprint density at radius 3 is 2.41 bits per heavy atom. The van der Waals surface area contributed by atoms with Crippen LogP contribution < -0.4 is 4.90 Å². The first-order valence-corrected chi connectivity index (χ1v) is 10.4. The van der Waals surface area contributed by atoms with Crippen molar-refractivity contribution in [2.45, 2.75) is 31.9 Å². The number of hydrogen-bond donors (Lipinski definition) is 1. The Balaban J connectivity index is 1.30. The molecule has 1 amide bonds. The van der Waals surface area contributed by atoms with Gasteiger partial charge in [0.05, 0.1) is 12.0 Å². The van der Waals surface area contributed by atoms with Crippen LogP contribution in [0.3, 0.4) is 0 Å². The molecule has 9 heteroatoms. The van der Waals surface area contributed by atoms with Gasteiger partial charge in [0.1, 0.15) is 6.10 Å². The fourth-order valence-corrected chi connectivity index (χ4v) is 4.51. The first-order valence-electron chi connectivity index (χ1n) is 10.4. The molecule has 0 spiro atoms. The fourth-order valence-electron chi connectivity index (χ4n) is 4.51. The lowest BCUT2D eigenvalue weighted by Crippen LogP contribution is -2.57. The van der Waals surface area contributed by atoms with E-state index in [-0.39, 0.29) is 24.2 Å². The molecule has 3 aliphatic rings. The topological polar surface area (TPSA) is 89.4 Å². The van der Waals surface area contributed by atoms with Crippen LogP contribution >= 0.6 is 0 Å². The number of carboxylic acid groups (broad SMARTS) is 1. The number of ether oxygens (including phenoxy) is 1. The molecule has 3 fully saturated rings. The second-order valence-corrected chi connectivity index (χ2v) is 8.07. The summed E-state index contributed by atoms with van der Waals surface area (Å²) in [5, 5.41) is 13.0. The summed E-state index contributed by atoms with van der Waals surface area (Å²) in [7, 11) is 0. The SMILES string of the molecule is CC1C(CN2CCC(C(=O)O)CC2)OC(=O)N1N1CCN(c2ccncc2)CC1. The standard InChI is InChI=1S/C20H29N5O4/c1-15-18(14-22-8-4-16(5-9-22)19(26)27)29-20(28)25(15)24-12-10-23(11-13-24)17-2-6-21-7-3-17/h2-3,6-7,15-16,18H,4-5,8-14H2,1H3,(H,26,27). The number of carbonyl (C=O) groups excluding carboxylic acids is 1. The van der Waals surface area contributed by atoms with Gasteiger partial charge in [-0.25, -0.2) is 14.8 Å². The molecule has 4 heterocycles. The number of likely N-dealkylation sites (tertiary alicyclic amines) is 1. The first kappa shape index (κ1) is 19.9. The van der Waals surface area contributed by atoms with Crippen LogP contribution in [0.2, 0.25) is 0 Å². The Morgan fingerprint density at radius 2 is 1.79 bits per heavy atom. The lowest BCUT2D eigenvalue weighted by molar-refractivity contribution is -0.143. The smallest absolute Gasteiger partial charge is 0.425 e. The summed E-state index contributed by atoms with van der Waals surface area (Å²) in [6, 6.07) is 3.98. The summed E-state index contributed by atoms with van der Waals surface area (Å²) in [6.07, 6.45) is 4.44. The highest BCUT2D eigenvalue weighted by atomic mass is 16.6. The monoisotopic (exact) mass is 403 g/mol. The van der Waals surface area contributed by atoms with Gasteiger partial charge in [-0.15, -0.1) is 0 Å². The van der Waals surface area contributed by atoms with E-state index in [1.54, 1.807) is 17.4 Å². The Labute approximate surface area is 170 Å². The maximum absolute atomic E-state index is 12.6. The zero-order valence-corrected chi connectivity index (χ0v) is 16.8. The molecule has 0 bridgehead atoms. The number of hydrazine groups is 1. The lowest BCUT2D eigenvalue weighted by atomic mass is 9.96. The summed E-state index contributed by atoms with van der Waals surface area (Å²) >= 11 is 0. The quantitative estimate of drug-likeness (QED) is 0.783. The predicted molar refractivity (Wildman–Crippen MR) is 106 cm³/mol. The molecule has 3 saturated heterocycles. The molecular formula is C20H29N5O4. The molecule has 1 aromatic rings. The molecule has 0 radical (unpaired) electrons. The van der Waals surface area contributed by atoms with Crippen LogP contribution in [-0.2, 0) is 9.53 Å². The van der Waals surface area contributed by atoms with Crippen molar-refractivity contribution in [3.8, 4) is 0 Å². The highest BCUT2D eigenvalue weighted by Crippen LogP contribution is 2.26. The normalized spacial score (nSPS) is 27.3. The van der Waals surface area contributed by atoms with Crippen LogP contribution in [0.5, 0.6) is 0 Å². The molecule has 29 heavy (non-hydrogen) atoms. The molecule has 158 valence electrons. The molecule has 9 nitrogen and oxygen atoms in total. The van der Waals surface area contributed by atoms with Gasteiger partial charge in [0, 0.05) is 50.8 Å². The van der Waals surface area contributed by atoms with Gasteiger partial charge in [-0.05, 0) is 45.0 Å². The zero-order chi connectivity index (χ0) is 20.4. The van der Waals surface area contributed by atoms with Crippen LogP contribution in [0.4, 0.5) is 10.5 Å². The molecule has 1 N–H and O–H groups in total. The van der Waals surface area contributed by atoms with E-state index < -0.39 is 5.97 Å². The maximum atomic E-state index is 12.6. The third kappa shape index (κ3) is 4.30. The number of pyridine rings is 1. The third-order valence-electron chi connectivity index (χ3n) is 6.33. The van der Waals surface area contributed by atoms with E-state index in [2.05, 4.69) is 19.8 Å². The highest BCUT2D eigenvalue weighted by Gasteiger charge is 2.43. The number of amides is 1. The largest absolute Gasteiger partial charge is 0.481 e. The third-order valence-corrected chi connectivity index (χ3v) is 6.33. The Hall–Kier alpha value is -2.39. The van der Waals surface area contributed by atoms with Crippen molar-refractivity contribution < 1.29 is 19.4 Å². The number of nitrogens with zero attached hydrogens (tertiary/aromatic N) is 5. The van der Waals surface area contributed by atoms with Crippen LogP contribution in [0, 0.1) is 5.92 Å². The van der Waals surface area contributed by atoms with E-state index in [4.69, 9.17) is 9.84 Å². The number of aliphatic carboxylic acids is 1. The van der Waals surface area contributed by atoms with E-state index in [0.29, 0.717) is 19.4 Å². The highest BCUT2D eigenvalue weighted by molar-refractivity contribution is 5.70. The van der Waals surface area contributed by atoms with Gasteiger partial charge in [0.15, 0.2) is 0 Å². The Morgan fingerprint density at radius 1 is 1.14 bits per heavy atom. The molecule has 4 rings (SSSR count). The summed E-state index contributed by atoms with van der Waals surface area (Å²) in [4.78, 5) is 32.3. The van der Waals surface area contributed by atoms with Gasteiger partial charge in [0.2, 0.25) is 0 Å². The van der Waals surface area contributed by atoms with Crippen molar-refractivity contribution in [2.24, 2.45) is 5.92 Å². The van der Waals surface area contributed by atoms with Gasteiger partial charge >= 0.3 is 12.1 Å². The minimum atomic E-state index is -0.706. The maximum Gasteiger partial charge on any atom is 0.425 e. The summed E-state index contributed by atoms with van der Waals surface area (Å²) in [5.74, 6) is -0.953. The van der Waals surface area contributed by atoms with E-state index in [0.717, 1.165) is 45.0 Å².